The number of aromatic nitrogens is 3. The van der Waals surface area contributed by atoms with E-state index in [4.69, 9.17) is 16.3 Å². The minimum atomic E-state index is -0.921. The first-order chi connectivity index (χ1) is 16.0. The summed E-state index contributed by atoms with van der Waals surface area (Å²) in [4.78, 5) is 25.8. The van der Waals surface area contributed by atoms with Gasteiger partial charge in [-0.1, -0.05) is 24.3 Å². The number of carbonyl (C=O) groups excluding carboxylic acids is 1. The van der Waals surface area contributed by atoms with E-state index in [2.05, 4.69) is 20.3 Å². The van der Waals surface area contributed by atoms with Gasteiger partial charge in [0, 0.05) is 36.1 Å². The molecule has 1 aliphatic heterocycles. The van der Waals surface area contributed by atoms with E-state index in [1.807, 2.05) is 30.3 Å². The van der Waals surface area contributed by atoms with Crippen LogP contribution in [-0.4, -0.2) is 27.5 Å². The molecule has 1 atom stereocenters. The Morgan fingerprint density at radius 3 is 2.42 bits per heavy atom. The normalized spacial score (nSPS) is 17.0. The summed E-state index contributed by atoms with van der Waals surface area (Å²) in [7, 11) is 0. The van der Waals surface area contributed by atoms with Crippen molar-refractivity contribution in [2.24, 2.45) is 0 Å². The third kappa shape index (κ3) is 4.03. The van der Waals surface area contributed by atoms with Crippen molar-refractivity contribution in [2.75, 3.05) is 6.61 Å². The number of nitrogens with zero attached hydrogens (tertiary/aromatic N) is 3. The van der Waals surface area contributed by atoms with Crippen LogP contribution in [0.3, 0.4) is 0 Å². The first-order valence-corrected chi connectivity index (χ1v) is 10.7. The van der Waals surface area contributed by atoms with Crippen molar-refractivity contribution in [1.82, 2.24) is 20.3 Å². The van der Waals surface area contributed by atoms with Crippen molar-refractivity contribution in [1.29, 1.82) is 0 Å². The van der Waals surface area contributed by atoms with Crippen LogP contribution in [0, 0.1) is 5.82 Å². The Hall–Kier alpha value is -3.84. The molecule has 4 aromatic rings. The zero-order chi connectivity index (χ0) is 22.8. The molecule has 0 saturated carbocycles. The molecule has 164 valence electrons. The van der Waals surface area contributed by atoms with E-state index in [-0.39, 0.29) is 11.2 Å². The number of rotatable bonds is 4. The van der Waals surface area contributed by atoms with Crippen molar-refractivity contribution in [3.8, 4) is 16.9 Å². The third-order valence-corrected chi connectivity index (χ3v) is 5.87. The molecule has 1 N–H and O–H groups in total. The lowest BCUT2D eigenvalue weighted by Crippen LogP contribution is -2.50. The maximum Gasteiger partial charge on any atom is 0.252 e. The second-order valence-corrected chi connectivity index (χ2v) is 7.97. The molecule has 0 saturated heterocycles. The molecule has 2 aromatic carbocycles. The second-order valence-electron chi connectivity index (χ2n) is 7.63. The van der Waals surface area contributed by atoms with Crippen LogP contribution in [0.4, 0.5) is 4.39 Å². The largest absolute Gasteiger partial charge is 0.491 e. The summed E-state index contributed by atoms with van der Waals surface area (Å²) in [6.07, 6.45) is 5.46. The predicted molar refractivity (Wildman–Crippen MR) is 121 cm³/mol. The van der Waals surface area contributed by atoms with Gasteiger partial charge in [0.25, 0.3) is 5.91 Å². The molecule has 0 radical (unpaired) electrons. The van der Waals surface area contributed by atoms with Gasteiger partial charge in [-0.25, -0.2) is 14.4 Å². The Kier molecular flexibility index (Phi) is 5.48. The Labute approximate surface area is 194 Å². The van der Waals surface area contributed by atoms with Crippen molar-refractivity contribution in [3.05, 3.63) is 107 Å². The fourth-order valence-corrected chi connectivity index (χ4v) is 4.11. The predicted octanol–water partition coefficient (Wildman–Crippen LogP) is 4.79. The molecular weight excluding hydrogens is 443 g/mol. The van der Waals surface area contributed by atoms with Gasteiger partial charge in [-0.2, -0.15) is 0 Å². The summed E-state index contributed by atoms with van der Waals surface area (Å²) in [5.74, 6) is -0.122. The van der Waals surface area contributed by atoms with E-state index >= 15 is 0 Å². The van der Waals surface area contributed by atoms with E-state index in [0.717, 1.165) is 16.7 Å². The molecule has 5 rings (SSSR count). The van der Waals surface area contributed by atoms with E-state index in [9.17, 15) is 9.18 Å². The number of hydrogen-bond acceptors (Lipinski definition) is 5. The van der Waals surface area contributed by atoms with Gasteiger partial charge in [0.1, 0.15) is 22.8 Å². The molecule has 8 heteroatoms. The highest BCUT2D eigenvalue weighted by Crippen LogP contribution is 2.41. The number of carbonyl (C=O) groups is 1. The average molecular weight is 461 g/mol. The minimum absolute atomic E-state index is 0.183. The maximum absolute atomic E-state index is 13.4. The summed E-state index contributed by atoms with van der Waals surface area (Å²) in [5, 5.41) is 3.34. The van der Waals surface area contributed by atoms with Gasteiger partial charge < -0.3 is 10.1 Å². The quantitative estimate of drug-likeness (QED) is 0.443. The van der Waals surface area contributed by atoms with Gasteiger partial charge >= 0.3 is 0 Å². The van der Waals surface area contributed by atoms with E-state index in [1.54, 1.807) is 24.7 Å². The van der Waals surface area contributed by atoms with E-state index in [1.165, 1.54) is 24.3 Å². The van der Waals surface area contributed by atoms with Crippen molar-refractivity contribution < 1.29 is 13.9 Å². The zero-order valence-corrected chi connectivity index (χ0v) is 18.1. The molecule has 0 bridgehead atoms. The van der Waals surface area contributed by atoms with E-state index in [0.29, 0.717) is 30.0 Å². The first kappa shape index (κ1) is 21.0. The molecule has 3 heterocycles. The SMILES string of the molecule is O=C(NC1(c2ccc(-c3cnc(Cl)nc3)cc2)CCOc2cccnc21)c1ccc(F)cc1. The summed E-state index contributed by atoms with van der Waals surface area (Å²) in [6.45, 7) is 0.398. The number of ether oxygens (including phenoxy) is 1. The van der Waals surface area contributed by atoms with Crippen molar-refractivity contribution in [2.45, 2.75) is 12.0 Å². The molecule has 0 spiro atoms. The Morgan fingerprint density at radius 2 is 1.70 bits per heavy atom. The standard InChI is InChI=1S/C25H18ClFN4O2/c26-24-29-14-18(15-30-24)16-3-7-19(8-4-16)25(11-13-33-21-2-1-12-28-22(21)25)31-23(32)17-5-9-20(27)10-6-17/h1-10,12,14-15H,11,13H2,(H,31,32). The highest BCUT2D eigenvalue weighted by atomic mass is 35.5. The van der Waals surface area contributed by atoms with Gasteiger partial charge in [-0.3, -0.25) is 9.78 Å². The molecule has 33 heavy (non-hydrogen) atoms. The molecule has 1 aliphatic rings. The van der Waals surface area contributed by atoms with Crippen LogP contribution >= 0.6 is 11.6 Å². The van der Waals surface area contributed by atoms with Crippen molar-refractivity contribution >= 4 is 17.5 Å². The topological polar surface area (TPSA) is 77.0 Å². The second kappa shape index (κ2) is 8.60. The van der Waals surface area contributed by atoms with Gasteiger partial charge in [0.2, 0.25) is 5.28 Å². The van der Waals surface area contributed by atoms with Gasteiger partial charge in [-0.15, -0.1) is 0 Å². The zero-order valence-electron chi connectivity index (χ0n) is 17.3. The summed E-state index contributed by atoms with van der Waals surface area (Å²) < 4.78 is 19.2. The van der Waals surface area contributed by atoms with Crippen LogP contribution in [0.2, 0.25) is 5.28 Å². The first-order valence-electron chi connectivity index (χ1n) is 10.3. The van der Waals surface area contributed by atoms with Crippen LogP contribution in [0.15, 0.2) is 79.3 Å². The minimum Gasteiger partial charge on any atom is -0.491 e. The molecular formula is C25H18ClFN4O2. The van der Waals surface area contributed by atoms with Crippen LogP contribution < -0.4 is 10.1 Å². The van der Waals surface area contributed by atoms with Gasteiger partial charge in [-0.05, 0) is 59.1 Å². The van der Waals surface area contributed by atoms with Gasteiger partial charge in [0.15, 0.2) is 0 Å². The molecule has 0 fully saturated rings. The molecule has 2 aromatic heterocycles. The highest BCUT2D eigenvalue weighted by Gasteiger charge is 2.42. The highest BCUT2D eigenvalue weighted by molar-refractivity contribution is 6.28. The monoisotopic (exact) mass is 460 g/mol. The van der Waals surface area contributed by atoms with Crippen LogP contribution in [0.5, 0.6) is 5.75 Å². The van der Waals surface area contributed by atoms with Crippen molar-refractivity contribution in [3.63, 3.8) is 0 Å². The summed E-state index contributed by atoms with van der Waals surface area (Å²) in [6, 6.07) is 16.8. The molecule has 0 aliphatic carbocycles. The average Bonchev–Trinajstić information content (AvgIpc) is 2.85. The lowest BCUT2D eigenvalue weighted by Gasteiger charge is -2.39. The number of fused-ring (bicyclic) bond motifs is 1. The Morgan fingerprint density at radius 1 is 0.970 bits per heavy atom. The third-order valence-electron chi connectivity index (χ3n) is 5.67. The number of nitrogens with one attached hydrogen (secondary N) is 1. The summed E-state index contributed by atoms with van der Waals surface area (Å²) >= 11 is 5.80. The number of benzene rings is 2. The lowest BCUT2D eigenvalue weighted by molar-refractivity contribution is 0.0883. The Bertz CT molecular complexity index is 1300. The fourth-order valence-electron chi connectivity index (χ4n) is 4.01. The number of amides is 1. The molecule has 1 amide bonds. The van der Waals surface area contributed by atoms with Crippen LogP contribution in [0.1, 0.15) is 28.0 Å². The van der Waals surface area contributed by atoms with Gasteiger partial charge in [0.05, 0.1) is 6.61 Å². The fraction of sp³-hybridized carbons (Fsp3) is 0.120. The number of hydrogen-bond donors (Lipinski definition) is 1. The van der Waals surface area contributed by atoms with Crippen LogP contribution in [-0.2, 0) is 5.54 Å². The van der Waals surface area contributed by atoms with Crippen LogP contribution in [0.25, 0.3) is 11.1 Å². The number of pyridine rings is 1. The number of halogens is 2. The molecule has 1 unspecified atom stereocenters. The smallest absolute Gasteiger partial charge is 0.252 e. The maximum atomic E-state index is 13.4. The lowest BCUT2D eigenvalue weighted by atomic mass is 9.80. The Balaban J connectivity index is 1.57. The molecule has 6 nitrogen and oxygen atoms in total. The summed E-state index contributed by atoms with van der Waals surface area (Å²) in [5.41, 5.74) is 2.63. The van der Waals surface area contributed by atoms with E-state index < -0.39 is 11.4 Å².